The van der Waals surface area contributed by atoms with Crippen LogP contribution in [0.4, 0.5) is 4.79 Å². The molecule has 21 heavy (non-hydrogen) atoms. The van der Waals surface area contributed by atoms with Crippen LogP contribution in [-0.4, -0.2) is 32.7 Å². The number of imidazole rings is 1. The van der Waals surface area contributed by atoms with E-state index in [1.165, 1.54) is 0 Å². The molecular formula is C16H27N3O2. The van der Waals surface area contributed by atoms with Crippen LogP contribution in [0.1, 0.15) is 71.7 Å². The molecule has 1 amide bonds. The van der Waals surface area contributed by atoms with Crippen molar-refractivity contribution < 1.29 is 9.53 Å². The molecule has 1 saturated heterocycles. The summed E-state index contributed by atoms with van der Waals surface area (Å²) in [4.78, 5) is 18.5. The molecule has 0 bridgehead atoms. The number of likely N-dealkylation sites (tertiary alicyclic amines) is 1. The van der Waals surface area contributed by atoms with Gasteiger partial charge in [-0.25, -0.2) is 9.78 Å². The number of hydrogen-bond acceptors (Lipinski definition) is 3. The lowest BCUT2D eigenvalue weighted by Gasteiger charge is -2.29. The normalized spacial score (nSPS) is 20.6. The topological polar surface area (TPSA) is 47.4 Å². The maximum absolute atomic E-state index is 12.4. The first kappa shape index (κ1) is 15.9. The first-order valence-electron chi connectivity index (χ1n) is 7.85. The average molecular weight is 293 g/mol. The molecule has 0 aromatic carbocycles. The van der Waals surface area contributed by atoms with E-state index in [2.05, 4.69) is 23.4 Å². The Kier molecular flexibility index (Phi) is 4.59. The molecule has 2 unspecified atom stereocenters. The van der Waals surface area contributed by atoms with Crippen molar-refractivity contribution in [3.05, 3.63) is 18.2 Å². The van der Waals surface area contributed by atoms with Crippen molar-refractivity contribution in [1.29, 1.82) is 0 Å². The highest BCUT2D eigenvalue weighted by atomic mass is 16.6. The first-order valence-corrected chi connectivity index (χ1v) is 7.85. The molecule has 1 aliphatic rings. The molecule has 1 aliphatic heterocycles. The van der Waals surface area contributed by atoms with Crippen LogP contribution >= 0.6 is 0 Å². The Balaban J connectivity index is 2.19. The van der Waals surface area contributed by atoms with Crippen molar-refractivity contribution in [3.8, 4) is 0 Å². The van der Waals surface area contributed by atoms with Crippen LogP contribution in [-0.2, 0) is 4.74 Å². The van der Waals surface area contributed by atoms with Crippen LogP contribution in [0.25, 0.3) is 0 Å². The summed E-state index contributed by atoms with van der Waals surface area (Å²) in [7, 11) is 0. The predicted octanol–water partition coefficient (Wildman–Crippen LogP) is 3.93. The van der Waals surface area contributed by atoms with E-state index in [0.29, 0.717) is 6.04 Å². The summed E-state index contributed by atoms with van der Waals surface area (Å²) >= 11 is 0. The van der Waals surface area contributed by atoms with Gasteiger partial charge in [0.15, 0.2) is 0 Å². The largest absolute Gasteiger partial charge is 0.444 e. The quantitative estimate of drug-likeness (QED) is 0.848. The van der Waals surface area contributed by atoms with E-state index >= 15 is 0 Å². The Morgan fingerprint density at radius 2 is 2.24 bits per heavy atom. The van der Waals surface area contributed by atoms with Crippen molar-refractivity contribution >= 4 is 6.09 Å². The lowest BCUT2D eigenvalue weighted by Crippen LogP contribution is -2.37. The van der Waals surface area contributed by atoms with Crippen molar-refractivity contribution in [2.45, 2.75) is 71.6 Å². The second kappa shape index (κ2) is 6.08. The standard InChI is InChI=1S/C16H27N3O2/c1-6-12(2)19-11-17-10-14(19)13-8-7-9-18(13)15(20)21-16(3,4)5/h10-13H,6-9H2,1-5H3. The number of aromatic nitrogens is 2. The van der Waals surface area contributed by atoms with Crippen LogP contribution < -0.4 is 0 Å². The van der Waals surface area contributed by atoms with Crippen molar-refractivity contribution in [2.75, 3.05) is 6.54 Å². The van der Waals surface area contributed by atoms with Crippen LogP contribution in [0.3, 0.4) is 0 Å². The van der Waals surface area contributed by atoms with Gasteiger partial charge in [-0.3, -0.25) is 4.90 Å². The molecule has 1 aromatic rings. The minimum atomic E-state index is -0.457. The molecular weight excluding hydrogens is 266 g/mol. The molecule has 0 N–H and O–H groups in total. The van der Waals surface area contributed by atoms with E-state index in [4.69, 9.17) is 4.74 Å². The fourth-order valence-corrected chi connectivity index (χ4v) is 2.75. The summed E-state index contributed by atoms with van der Waals surface area (Å²) < 4.78 is 7.72. The van der Waals surface area contributed by atoms with Gasteiger partial charge in [-0.05, 0) is 47.0 Å². The maximum atomic E-state index is 12.4. The molecule has 2 heterocycles. The lowest BCUT2D eigenvalue weighted by molar-refractivity contribution is 0.0218. The zero-order valence-corrected chi connectivity index (χ0v) is 13.8. The fourth-order valence-electron chi connectivity index (χ4n) is 2.75. The molecule has 1 aromatic heterocycles. The molecule has 5 nitrogen and oxygen atoms in total. The number of nitrogens with zero attached hydrogens (tertiary/aromatic N) is 3. The lowest BCUT2D eigenvalue weighted by atomic mass is 10.1. The average Bonchev–Trinajstić information content (AvgIpc) is 3.03. The minimum absolute atomic E-state index is 0.0800. The van der Waals surface area contributed by atoms with Gasteiger partial charge in [0.25, 0.3) is 0 Å². The third-order valence-corrected chi connectivity index (χ3v) is 3.98. The van der Waals surface area contributed by atoms with Crippen molar-refractivity contribution in [1.82, 2.24) is 14.5 Å². The van der Waals surface area contributed by atoms with Crippen LogP contribution in [0.5, 0.6) is 0 Å². The predicted molar refractivity (Wildman–Crippen MR) is 82.1 cm³/mol. The number of hydrogen-bond donors (Lipinski definition) is 0. The minimum Gasteiger partial charge on any atom is -0.444 e. The zero-order valence-electron chi connectivity index (χ0n) is 13.8. The molecule has 0 spiro atoms. The monoisotopic (exact) mass is 293 g/mol. The molecule has 1 fully saturated rings. The van der Waals surface area contributed by atoms with Gasteiger partial charge in [0.05, 0.1) is 24.3 Å². The number of ether oxygens (including phenoxy) is 1. The summed E-state index contributed by atoms with van der Waals surface area (Å²) in [6, 6.07) is 0.472. The van der Waals surface area contributed by atoms with Gasteiger partial charge < -0.3 is 9.30 Å². The summed E-state index contributed by atoms with van der Waals surface area (Å²) in [6.07, 6.45) is 6.57. The van der Waals surface area contributed by atoms with Gasteiger partial charge >= 0.3 is 6.09 Å². The SMILES string of the molecule is CCC(C)n1cncc1C1CCCN1C(=O)OC(C)(C)C. The highest BCUT2D eigenvalue weighted by Crippen LogP contribution is 2.34. The van der Waals surface area contributed by atoms with E-state index in [1.807, 2.05) is 38.2 Å². The van der Waals surface area contributed by atoms with Gasteiger partial charge in [-0.2, -0.15) is 0 Å². The van der Waals surface area contributed by atoms with Crippen LogP contribution in [0, 0.1) is 0 Å². The van der Waals surface area contributed by atoms with E-state index in [9.17, 15) is 4.79 Å². The Labute approximate surface area is 127 Å². The molecule has 118 valence electrons. The van der Waals surface area contributed by atoms with Crippen LogP contribution in [0.2, 0.25) is 0 Å². The second-order valence-electron chi connectivity index (χ2n) is 6.81. The van der Waals surface area contributed by atoms with Gasteiger partial charge in [-0.15, -0.1) is 0 Å². The Bertz CT molecular complexity index is 490. The van der Waals surface area contributed by atoms with Crippen molar-refractivity contribution in [3.63, 3.8) is 0 Å². The Morgan fingerprint density at radius 1 is 1.52 bits per heavy atom. The maximum Gasteiger partial charge on any atom is 0.410 e. The highest BCUT2D eigenvalue weighted by Gasteiger charge is 2.35. The van der Waals surface area contributed by atoms with E-state index in [-0.39, 0.29) is 12.1 Å². The summed E-state index contributed by atoms with van der Waals surface area (Å²) in [5.41, 5.74) is 0.661. The fraction of sp³-hybridized carbons (Fsp3) is 0.750. The molecule has 0 radical (unpaired) electrons. The second-order valence-corrected chi connectivity index (χ2v) is 6.81. The first-order chi connectivity index (χ1) is 9.83. The molecule has 0 saturated carbocycles. The number of rotatable bonds is 3. The number of carbonyl (C=O) groups excluding carboxylic acids is 1. The van der Waals surface area contributed by atoms with Crippen LogP contribution in [0.15, 0.2) is 12.5 Å². The third-order valence-electron chi connectivity index (χ3n) is 3.98. The molecule has 5 heteroatoms. The van der Waals surface area contributed by atoms with E-state index in [0.717, 1.165) is 31.5 Å². The highest BCUT2D eigenvalue weighted by molar-refractivity contribution is 5.69. The van der Waals surface area contributed by atoms with E-state index in [1.54, 1.807) is 0 Å². The smallest absolute Gasteiger partial charge is 0.410 e. The van der Waals surface area contributed by atoms with Gasteiger partial charge in [0.1, 0.15) is 5.60 Å². The summed E-state index contributed by atoms with van der Waals surface area (Å²) in [5.74, 6) is 0. The third kappa shape index (κ3) is 3.57. The summed E-state index contributed by atoms with van der Waals surface area (Å²) in [6.45, 7) is 10.8. The summed E-state index contributed by atoms with van der Waals surface area (Å²) in [5, 5.41) is 0. The molecule has 0 aliphatic carbocycles. The van der Waals surface area contributed by atoms with E-state index < -0.39 is 5.60 Å². The Morgan fingerprint density at radius 3 is 2.86 bits per heavy atom. The Hall–Kier alpha value is -1.52. The van der Waals surface area contributed by atoms with Crippen molar-refractivity contribution in [2.24, 2.45) is 0 Å². The van der Waals surface area contributed by atoms with Gasteiger partial charge in [0.2, 0.25) is 0 Å². The number of carbonyl (C=O) groups is 1. The van der Waals surface area contributed by atoms with Gasteiger partial charge in [-0.1, -0.05) is 6.92 Å². The number of amides is 1. The molecule has 2 atom stereocenters. The molecule has 2 rings (SSSR count). The zero-order chi connectivity index (χ0) is 15.6. The van der Waals surface area contributed by atoms with Gasteiger partial charge in [0, 0.05) is 12.6 Å².